The first-order valence-corrected chi connectivity index (χ1v) is 8.56. The quantitative estimate of drug-likeness (QED) is 0.812. The topological polar surface area (TPSA) is 46.2 Å². The lowest BCUT2D eigenvalue weighted by Gasteiger charge is -2.22. The minimum Gasteiger partial charge on any atom is -0.211 e. The first-order valence-electron chi connectivity index (χ1n) is 5.95. The Balaban J connectivity index is 2.80. The van der Waals surface area contributed by atoms with Gasteiger partial charge in [-0.1, -0.05) is 48.8 Å². The van der Waals surface area contributed by atoms with Crippen LogP contribution in [-0.2, 0) is 15.4 Å². The zero-order valence-corrected chi connectivity index (χ0v) is 13.4. The molecule has 18 heavy (non-hydrogen) atoms. The second-order valence-electron chi connectivity index (χ2n) is 5.12. The lowest BCUT2D eigenvalue weighted by atomic mass is 9.91. The Morgan fingerprint density at radius 2 is 1.78 bits per heavy atom. The molecule has 0 heterocycles. The van der Waals surface area contributed by atoms with E-state index in [9.17, 15) is 8.42 Å². The van der Waals surface area contributed by atoms with Crippen molar-refractivity contribution in [3.8, 4) is 0 Å². The van der Waals surface area contributed by atoms with Crippen molar-refractivity contribution < 1.29 is 8.42 Å². The fourth-order valence-corrected chi connectivity index (χ4v) is 2.87. The maximum absolute atomic E-state index is 12.1. The Hall–Kier alpha value is -0.390. The molecule has 0 fully saturated rings. The maximum atomic E-state index is 12.1. The summed E-state index contributed by atoms with van der Waals surface area (Å²) in [5, 5.41) is 0.726. The number of nitrogens with one attached hydrogen (secondary N) is 1. The number of benzene rings is 1. The van der Waals surface area contributed by atoms with E-state index in [0.29, 0.717) is 11.4 Å². The number of hydrogen-bond acceptors (Lipinski definition) is 2. The molecule has 1 rings (SSSR count). The largest absolute Gasteiger partial charge is 0.240 e. The van der Waals surface area contributed by atoms with Gasteiger partial charge >= 0.3 is 0 Å². The highest BCUT2D eigenvalue weighted by Gasteiger charge is 2.20. The summed E-state index contributed by atoms with van der Waals surface area (Å²) in [6.07, 6.45) is 0.929. The summed E-state index contributed by atoms with van der Waals surface area (Å²) in [6, 6.07) is 6.90. The highest BCUT2D eigenvalue weighted by molar-refractivity contribution is 9.08. The first kappa shape index (κ1) is 15.7. The minimum absolute atomic E-state index is 0.0249. The fourth-order valence-electron chi connectivity index (χ4n) is 1.26. The van der Waals surface area contributed by atoms with Crippen LogP contribution in [0, 0.1) is 5.41 Å². The van der Waals surface area contributed by atoms with Crippen molar-refractivity contribution in [2.45, 2.75) is 37.4 Å². The van der Waals surface area contributed by atoms with Gasteiger partial charge in [-0.05, 0) is 29.5 Å². The van der Waals surface area contributed by atoms with Crippen molar-refractivity contribution in [1.82, 2.24) is 4.72 Å². The molecule has 0 atom stereocenters. The molecular formula is C13H20BrNO2S. The molecule has 0 unspecified atom stereocenters. The zero-order valence-electron chi connectivity index (χ0n) is 11.0. The molecule has 0 aliphatic carbocycles. The average molecular weight is 334 g/mol. The summed E-state index contributed by atoms with van der Waals surface area (Å²) in [7, 11) is -3.39. The Bertz CT molecular complexity index is 480. The van der Waals surface area contributed by atoms with Crippen LogP contribution in [0.1, 0.15) is 32.8 Å². The van der Waals surface area contributed by atoms with E-state index in [-0.39, 0.29) is 5.41 Å². The van der Waals surface area contributed by atoms with E-state index in [2.05, 4.69) is 27.6 Å². The molecule has 0 aliphatic heterocycles. The lowest BCUT2D eigenvalue weighted by Crippen LogP contribution is -2.33. The van der Waals surface area contributed by atoms with Crippen LogP contribution < -0.4 is 4.72 Å². The van der Waals surface area contributed by atoms with Crippen molar-refractivity contribution in [3.05, 3.63) is 29.8 Å². The van der Waals surface area contributed by atoms with Gasteiger partial charge in [-0.25, -0.2) is 13.1 Å². The highest BCUT2D eigenvalue weighted by Crippen LogP contribution is 2.19. The summed E-state index contributed by atoms with van der Waals surface area (Å²) >= 11 is 3.33. The summed E-state index contributed by atoms with van der Waals surface area (Å²) in [5.41, 5.74) is 1.03. The molecule has 102 valence electrons. The van der Waals surface area contributed by atoms with Crippen LogP contribution in [0.25, 0.3) is 0 Å². The third-order valence-electron chi connectivity index (χ3n) is 3.09. The fraction of sp³-hybridized carbons (Fsp3) is 0.538. The van der Waals surface area contributed by atoms with Crippen molar-refractivity contribution in [2.24, 2.45) is 5.41 Å². The molecule has 0 radical (unpaired) electrons. The number of rotatable bonds is 6. The van der Waals surface area contributed by atoms with Crippen LogP contribution in [-0.4, -0.2) is 15.0 Å². The minimum atomic E-state index is -3.39. The highest BCUT2D eigenvalue weighted by atomic mass is 79.9. The van der Waals surface area contributed by atoms with Crippen molar-refractivity contribution in [2.75, 3.05) is 6.54 Å². The Morgan fingerprint density at radius 1 is 1.22 bits per heavy atom. The van der Waals surface area contributed by atoms with Crippen molar-refractivity contribution in [3.63, 3.8) is 0 Å². The molecule has 0 aromatic heterocycles. The van der Waals surface area contributed by atoms with E-state index >= 15 is 0 Å². The predicted molar refractivity (Wildman–Crippen MR) is 78.3 cm³/mol. The van der Waals surface area contributed by atoms with Gasteiger partial charge in [0.2, 0.25) is 10.0 Å². The van der Waals surface area contributed by atoms with Crippen LogP contribution in [0.5, 0.6) is 0 Å². The monoisotopic (exact) mass is 333 g/mol. The van der Waals surface area contributed by atoms with Crippen LogP contribution in [0.3, 0.4) is 0 Å². The molecular weight excluding hydrogens is 314 g/mol. The van der Waals surface area contributed by atoms with Crippen LogP contribution in [0.2, 0.25) is 0 Å². The van der Waals surface area contributed by atoms with Gasteiger partial charge in [-0.15, -0.1) is 0 Å². The van der Waals surface area contributed by atoms with E-state index in [0.717, 1.165) is 17.3 Å². The zero-order chi connectivity index (χ0) is 13.8. The molecule has 0 saturated heterocycles. The van der Waals surface area contributed by atoms with E-state index in [1.54, 1.807) is 12.1 Å². The first-order chi connectivity index (χ1) is 8.30. The van der Waals surface area contributed by atoms with E-state index < -0.39 is 10.0 Å². The molecule has 1 N–H and O–H groups in total. The Morgan fingerprint density at radius 3 is 2.22 bits per heavy atom. The number of hydrogen-bond donors (Lipinski definition) is 1. The van der Waals surface area contributed by atoms with Crippen molar-refractivity contribution >= 4 is 26.0 Å². The van der Waals surface area contributed by atoms with E-state index in [1.807, 2.05) is 26.0 Å². The third-order valence-corrected chi connectivity index (χ3v) is 5.15. The summed E-state index contributed by atoms with van der Waals surface area (Å²) in [4.78, 5) is 0.319. The van der Waals surface area contributed by atoms with Gasteiger partial charge < -0.3 is 0 Å². The second-order valence-corrected chi connectivity index (χ2v) is 7.45. The lowest BCUT2D eigenvalue weighted by molar-refractivity contribution is 0.350. The number of alkyl halides is 1. The molecule has 0 spiro atoms. The number of sulfonamides is 1. The SMILES string of the molecule is CCC(C)(C)CNS(=O)(=O)c1ccc(CBr)cc1. The molecule has 3 nitrogen and oxygen atoms in total. The molecule has 0 aliphatic rings. The second kappa shape index (κ2) is 6.17. The van der Waals surface area contributed by atoms with Crippen molar-refractivity contribution in [1.29, 1.82) is 0 Å². The smallest absolute Gasteiger partial charge is 0.211 e. The van der Waals surface area contributed by atoms with Gasteiger partial charge in [0.25, 0.3) is 0 Å². The van der Waals surface area contributed by atoms with Gasteiger partial charge in [-0.3, -0.25) is 0 Å². The van der Waals surface area contributed by atoms with Gasteiger partial charge in [0, 0.05) is 11.9 Å². The van der Waals surface area contributed by atoms with Gasteiger partial charge in [0.1, 0.15) is 0 Å². The third kappa shape index (κ3) is 4.37. The van der Waals surface area contributed by atoms with E-state index in [4.69, 9.17) is 0 Å². The summed E-state index contributed by atoms with van der Waals surface area (Å²) in [5.74, 6) is 0. The molecule has 1 aromatic carbocycles. The van der Waals surface area contributed by atoms with E-state index in [1.165, 1.54) is 0 Å². The van der Waals surface area contributed by atoms with Gasteiger partial charge in [0.15, 0.2) is 0 Å². The van der Waals surface area contributed by atoms with Crippen LogP contribution in [0.4, 0.5) is 0 Å². The number of halogens is 1. The molecule has 0 saturated carbocycles. The Labute approximate surface area is 118 Å². The molecule has 1 aromatic rings. The normalized spacial score (nSPS) is 12.7. The average Bonchev–Trinajstić information content (AvgIpc) is 2.37. The van der Waals surface area contributed by atoms with Crippen LogP contribution in [0.15, 0.2) is 29.2 Å². The summed E-state index contributed by atoms with van der Waals surface area (Å²) in [6.45, 7) is 6.60. The predicted octanol–water partition coefficient (Wildman–Crippen LogP) is 3.30. The van der Waals surface area contributed by atoms with Gasteiger partial charge in [-0.2, -0.15) is 0 Å². The standard InChI is InChI=1S/C13H20BrNO2S/c1-4-13(2,3)10-15-18(16,17)12-7-5-11(9-14)6-8-12/h5-8,15H,4,9-10H2,1-3H3. The molecule has 5 heteroatoms. The molecule has 0 amide bonds. The van der Waals surface area contributed by atoms with Crippen LogP contribution >= 0.6 is 15.9 Å². The van der Waals surface area contributed by atoms with Gasteiger partial charge in [0.05, 0.1) is 4.90 Å². The Kier molecular flexibility index (Phi) is 5.37. The maximum Gasteiger partial charge on any atom is 0.240 e. The molecule has 0 bridgehead atoms. The summed E-state index contributed by atoms with van der Waals surface area (Å²) < 4.78 is 26.8.